The van der Waals surface area contributed by atoms with Gasteiger partial charge in [-0.05, 0) is 55.9 Å². The fraction of sp³-hybridized carbons (Fsp3) is 0.429. The number of benzene rings is 2. The van der Waals surface area contributed by atoms with Gasteiger partial charge in [-0.25, -0.2) is 13.2 Å². The predicted molar refractivity (Wildman–Crippen MR) is 147 cm³/mol. The summed E-state index contributed by atoms with van der Waals surface area (Å²) >= 11 is 0. The summed E-state index contributed by atoms with van der Waals surface area (Å²) in [7, 11) is -2.27. The number of sulfonamides is 1. The molecule has 40 heavy (non-hydrogen) atoms. The van der Waals surface area contributed by atoms with Crippen molar-refractivity contribution in [2.75, 3.05) is 26.2 Å². The van der Waals surface area contributed by atoms with E-state index >= 15 is 0 Å². The Labute approximate surface area is 232 Å². The number of likely N-dealkylation sites (tertiary alicyclic amines) is 1. The van der Waals surface area contributed by atoms with Crippen LogP contribution in [0.1, 0.15) is 31.5 Å². The molecule has 2 aliphatic heterocycles. The number of aromatic nitrogens is 4. The minimum Gasteiger partial charge on any atom is -0.408 e. The molecule has 0 radical (unpaired) electrons. The summed E-state index contributed by atoms with van der Waals surface area (Å²) in [6.45, 7) is 1.80. The van der Waals surface area contributed by atoms with Crippen molar-refractivity contribution in [2.24, 2.45) is 18.9 Å². The average Bonchev–Trinajstić information content (AvgIpc) is 3.56. The molecule has 2 saturated heterocycles. The zero-order valence-corrected chi connectivity index (χ0v) is 23.2. The van der Waals surface area contributed by atoms with Crippen LogP contribution in [0.5, 0.6) is 0 Å². The maximum absolute atomic E-state index is 13.5. The number of para-hydroxylation sites is 1. The Balaban J connectivity index is 1.08. The van der Waals surface area contributed by atoms with Crippen molar-refractivity contribution < 1.29 is 17.6 Å². The van der Waals surface area contributed by atoms with Crippen LogP contribution >= 0.6 is 0 Å². The van der Waals surface area contributed by atoms with Gasteiger partial charge >= 0.3 is 5.76 Å². The summed E-state index contributed by atoms with van der Waals surface area (Å²) in [6.07, 6.45) is 5.54. The second-order valence-corrected chi connectivity index (χ2v) is 12.6. The number of carbonyl (C=O) groups excluding carboxylic acids is 1. The second kappa shape index (κ2) is 10.7. The van der Waals surface area contributed by atoms with E-state index in [-0.39, 0.29) is 28.8 Å². The molecule has 1 unspecified atom stereocenters. The fourth-order valence-corrected chi connectivity index (χ4v) is 7.40. The van der Waals surface area contributed by atoms with Crippen molar-refractivity contribution in [1.82, 2.24) is 28.5 Å². The van der Waals surface area contributed by atoms with Crippen LogP contribution in [0, 0.1) is 11.8 Å². The molecule has 0 aliphatic carbocycles. The standard InChI is InChI=1S/C28H32N6O5S/c1-31-24-10-9-23(17-25(24)39-28(31)36)40(37,38)33-13-5-6-21(18-33)27(35)32-14-11-20(12-15-32)16-26-30-29-19-34(26)22-7-3-2-4-8-22/h2-4,7-10,17,19-21H,5-6,11-16,18H2,1H3. The van der Waals surface area contributed by atoms with Crippen LogP contribution in [0.3, 0.4) is 0 Å². The number of aryl methyl sites for hydroxylation is 1. The Morgan fingerprint density at radius 1 is 1.05 bits per heavy atom. The molecule has 2 aromatic heterocycles. The first-order valence-electron chi connectivity index (χ1n) is 13.6. The third-order valence-electron chi connectivity index (χ3n) is 8.19. The molecular formula is C28H32N6O5S. The lowest BCUT2D eigenvalue weighted by Gasteiger charge is -2.37. The van der Waals surface area contributed by atoms with Gasteiger partial charge in [0.05, 0.1) is 16.3 Å². The minimum atomic E-state index is -3.84. The molecule has 6 rings (SSSR count). The van der Waals surface area contributed by atoms with Crippen molar-refractivity contribution >= 4 is 27.0 Å². The van der Waals surface area contributed by atoms with Crippen molar-refractivity contribution in [2.45, 2.75) is 37.0 Å². The van der Waals surface area contributed by atoms with Crippen LogP contribution in [0.15, 0.2) is 69.0 Å². The number of amides is 1. The number of piperidine rings is 2. The fourth-order valence-electron chi connectivity index (χ4n) is 5.86. The Morgan fingerprint density at radius 2 is 1.82 bits per heavy atom. The molecule has 11 nitrogen and oxygen atoms in total. The third kappa shape index (κ3) is 4.97. The van der Waals surface area contributed by atoms with E-state index in [1.54, 1.807) is 19.4 Å². The highest BCUT2D eigenvalue weighted by Crippen LogP contribution is 2.29. The van der Waals surface area contributed by atoms with Gasteiger partial charge < -0.3 is 9.32 Å². The quantitative estimate of drug-likeness (QED) is 0.353. The first-order valence-corrected chi connectivity index (χ1v) is 15.1. The highest BCUT2D eigenvalue weighted by Gasteiger charge is 2.36. The Bertz CT molecular complexity index is 1680. The van der Waals surface area contributed by atoms with E-state index in [1.807, 2.05) is 39.8 Å². The highest BCUT2D eigenvalue weighted by molar-refractivity contribution is 7.89. The Morgan fingerprint density at radius 3 is 2.60 bits per heavy atom. The lowest BCUT2D eigenvalue weighted by molar-refractivity contribution is -0.138. The zero-order valence-electron chi connectivity index (χ0n) is 22.3. The first-order chi connectivity index (χ1) is 19.3. The maximum atomic E-state index is 13.5. The molecule has 1 amide bonds. The van der Waals surface area contributed by atoms with Crippen molar-refractivity contribution in [3.05, 3.63) is 71.2 Å². The number of fused-ring (bicyclic) bond motifs is 1. The summed E-state index contributed by atoms with van der Waals surface area (Å²) in [5.41, 5.74) is 1.78. The molecule has 1 atom stereocenters. The molecule has 0 N–H and O–H groups in total. The lowest BCUT2D eigenvalue weighted by atomic mass is 9.91. The van der Waals surface area contributed by atoms with Gasteiger partial charge in [0.15, 0.2) is 5.58 Å². The molecule has 210 valence electrons. The number of hydrogen-bond donors (Lipinski definition) is 0. The Kier molecular flexibility index (Phi) is 7.05. The summed E-state index contributed by atoms with van der Waals surface area (Å²) in [5, 5.41) is 8.45. The van der Waals surface area contributed by atoms with Gasteiger partial charge in [0.1, 0.15) is 12.2 Å². The molecule has 4 heterocycles. The maximum Gasteiger partial charge on any atom is 0.419 e. The third-order valence-corrected chi connectivity index (χ3v) is 10.0. The molecule has 2 aromatic carbocycles. The molecule has 2 aliphatic rings. The minimum absolute atomic E-state index is 0.0234. The summed E-state index contributed by atoms with van der Waals surface area (Å²) in [6, 6.07) is 14.5. The molecule has 0 bridgehead atoms. The highest BCUT2D eigenvalue weighted by atomic mass is 32.2. The number of carbonyl (C=O) groups is 1. The molecule has 12 heteroatoms. The lowest BCUT2D eigenvalue weighted by Crippen LogP contribution is -2.48. The molecule has 2 fully saturated rings. The van der Waals surface area contributed by atoms with Crippen LogP contribution in [0.2, 0.25) is 0 Å². The van der Waals surface area contributed by atoms with Crippen LogP contribution < -0.4 is 5.76 Å². The summed E-state index contributed by atoms with van der Waals surface area (Å²) in [4.78, 5) is 27.2. The molecule has 0 spiro atoms. The largest absolute Gasteiger partial charge is 0.419 e. The number of oxazole rings is 1. The summed E-state index contributed by atoms with van der Waals surface area (Å²) in [5.74, 6) is 0.411. The second-order valence-electron chi connectivity index (χ2n) is 10.7. The van der Waals surface area contributed by atoms with Crippen molar-refractivity contribution in [1.29, 1.82) is 0 Å². The van der Waals surface area contributed by atoms with Crippen molar-refractivity contribution in [3.63, 3.8) is 0 Å². The van der Waals surface area contributed by atoms with Crippen LogP contribution in [-0.2, 0) is 28.3 Å². The molecule has 4 aromatic rings. The van der Waals surface area contributed by atoms with E-state index in [1.165, 1.54) is 21.0 Å². The van der Waals surface area contributed by atoms with Gasteiger partial charge in [-0.15, -0.1) is 10.2 Å². The Hall–Kier alpha value is -3.77. The SMILES string of the molecule is Cn1c(=O)oc2cc(S(=O)(=O)N3CCCC(C(=O)N4CCC(Cc5nncn5-c5ccccc5)CC4)C3)ccc21. The van der Waals surface area contributed by atoms with E-state index in [2.05, 4.69) is 10.2 Å². The normalized spacial score (nSPS) is 19.3. The van der Waals surface area contributed by atoms with Gasteiger partial charge in [0, 0.05) is 51.4 Å². The monoisotopic (exact) mass is 564 g/mol. The van der Waals surface area contributed by atoms with E-state index in [0.717, 1.165) is 30.8 Å². The smallest absolute Gasteiger partial charge is 0.408 e. The number of nitrogens with zero attached hydrogens (tertiary/aromatic N) is 6. The predicted octanol–water partition coefficient (Wildman–Crippen LogP) is 2.59. The number of rotatable bonds is 6. The molecule has 0 saturated carbocycles. The van der Waals surface area contributed by atoms with E-state index in [9.17, 15) is 18.0 Å². The van der Waals surface area contributed by atoms with Gasteiger partial charge in [-0.3, -0.25) is 13.9 Å². The number of hydrogen-bond acceptors (Lipinski definition) is 7. The van der Waals surface area contributed by atoms with Gasteiger partial charge in [-0.2, -0.15) is 4.31 Å². The first kappa shape index (κ1) is 26.5. The van der Waals surface area contributed by atoms with E-state index in [0.29, 0.717) is 43.9 Å². The summed E-state index contributed by atoms with van der Waals surface area (Å²) < 4.78 is 36.8. The van der Waals surface area contributed by atoms with Crippen LogP contribution in [-0.4, -0.2) is 69.0 Å². The zero-order chi connectivity index (χ0) is 27.9. The van der Waals surface area contributed by atoms with Crippen LogP contribution in [0.4, 0.5) is 0 Å². The average molecular weight is 565 g/mol. The van der Waals surface area contributed by atoms with Gasteiger partial charge in [-0.1, -0.05) is 18.2 Å². The van der Waals surface area contributed by atoms with E-state index < -0.39 is 15.8 Å². The van der Waals surface area contributed by atoms with E-state index in [4.69, 9.17) is 4.42 Å². The van der Waals surface area contributed by atoms with Crippen molar-refractivity contribution in [3.8, 4) is 5.69 Å². The van der Waals surface area contributed by atoms with Gasteiger partial charge in [0.25, 0.3) is 0 Å². The molecular weight excluding hydrogens is 532 g/mol. The topological polar surface area (TPSA) is 124 Å². The van der Waals surface area contributed by atoms with Gasteiger partial charge in [0.2, 0.25) is 15.9 Å². The van der Waals surface area contributed by atoms with Crippen LogP contribution in [0.25, 0.3) is 16.8 Å².